The third-order valence-corrected chi connectivity index (χ3v) is 4.24. The SMILES string of the molecule is COc1cc(OC)c(-c2c3c4ccccc4n2C3=O)c(OC)c1. The summed E-state index contributed by atoms with van der Waals surface area (Å²) in [7, 11) is 4.77. The van der Waals surface area contributed by atoms with Crippen molar-refractivity contribution in [1.82, 2.24) is 4.57 Å². The highest BCUT2D eigenvalue weighted by Gasteiger charge is 2.38. The summed E-state index contributed by atoms with van der Waals surface area (Å²) in [4.78, 5) is 12.3. The number of nitrogens with zero attached hydrogens (tertiary/aromatic N) is 1. The molecule has 0 atom stereocenters. The lowest BCUT2D eigenvalue weighted by Gasteiger charge is -2.22. The van der Waals surface area contributed by atoms with Gasteiger partial charge in [-0.1, -0.05) is 18.2 Å². The van der Waals surface area contributed by atoms with E-state index < -0.39 is 0 Å². The van der Waals surface area contributed by atoms with Gasteiger partial charge in [0, 0.05) is 17.5 Å². The molecule has 0 aliphatic carbocycles. The second-order valence-electron chi connectivity index (χ2n) is 5.29. The molecule has 2 bridgehead atoms. The predicted octanol–water partition coefficient (Wildman–Crippen LogP) is 3.34. The van der Waals surface area contributed by atoms with Crippen molar-refractivity contribution in [2.45, 2.75) is 0 Å². The molecular formula is C18H15NO4. The van der Waals surface area contributed by atoms with Gasteiger partial charge in [0.2, 0.25) is 0 Å². The number of benzene rings is 2. The maximum Gasteiger partial charge on any atom is 0.265 e. The lowest BCUT2D eigenvalue weighted by atomic mass is 9.99. The van der Waals surface area contributed by atoms with Gasteiger partial charge < -0.3 is 14.2 Å². The van der Waals surface area contributed by atoms with E-state index in [2.05, 4.69) is 0 Å². The third-order valence-electron chi connectivity index (χ3n) is 4.24. The zero-order valence-electron chi connectivity index (χ0n) is 13.0. The van der Waals surface area contributed by atoms with E-state index in [-0.39, 0.29) is 5.91 Å². The van der Waals surface area contributed by atoms with Crippen molar-refractivity contribution in [2.24, 2.45) is 0 Å². The van der Waals surface area contributed by atoms with Gasteiger partial charge in [-0.25, -0.2) is 0 Å². The second kappa shape index (κ2) is 4.78. The van der Waals surface area contributed by atoms with Crippen LogP contribution in [0.4, 0.5) is 0 Å². The minimum absolute atomic E-state index is 0.0149. The molecule has 23 heavy (non-hydrogen) atoms. The molecule has 4 rings (SSSR count). The van der Waals surface area contributed by atoms with E-state index >= 15 is 0 Å². The van der Waals surface area contributed by atoms with Gasteiger partial charge >= 0.3 is 0 Å². The summed E-state index contributed by atoms with van der Waals surface area (Å²) >= 11 is 0. The molecule has 5 nitrogen and oxygen atoms in total. The van der Waals surface area contributed by atoms with E-state index in [0.29, 0.717) is 22.8 Å². The highest BCUT2D eigenvalue weighted by atomic mass is 16.5. The number of ether oxygens (including phenoxy) is 3. The number of hydrogen-bond acceptors (Lipinski definition) is 4. The van der Waals surface area contributed by atoms with Gasteiger partial charge in [-0.15, -0.1) is 0 Å². The third kappa shape index (κ3) is 1.64. The molecule has 3 aromatic rings. The molecule has 0 spiro atoms. The van der Waals surface area contributed by atoms with Gasteiger partial charge in [0.15, 0.2) is 0 Å². The average molecular weight is 309 g/mol. The molecule has 116 valence electrons. The molecule has 1 aliphatic rings. The summed E-state index contributed by atoms with van der Waals surface area (Å²) in [6, 6.07) is 11.3. The Balaban J connectivity index is 2.06. The highest BCUT2D eigenvalue weighted by Crippen LogP contribution is 2.50. The number of carbonyl (C=O) groups is 1. The van der Waals surface area contributed by atoms with Crippen molar-refractivity contribution in [3.05, 3.63) is 42.0 Å². The minimum Gasteiger partial charge on any atom is -0.496 e. The van der Waals surface area contributed by atoms with Crippen molar-refractivity contribution >= 4 is 16.8 Å². The molecule has 1 aromatic heterocycles. The monoisotopic (exact) mass is 309 g/mol. The van der Waals surface area contributed by atoms with Gasteiger partial charge in [0.1, 0.15) is 17.2 Å². The van der Waals surface area contributed by atoms with Crippen LogP contribution in [0.5, 0.6) is 17.2 Å². The van der Waals surface area contributed by atoms with E-state index in [0.717, 1.165) is 22.2 Å². The maximum absolute atomic E-state index is 12.3. The van der Waals surface area contributed by atoms with E-state index in [4.69, 9.17) is 14.2 Å². The number of hydrogen-bond donors (Lipinski definition) is 0. The first-order chi connectivity index (χ1) is 11.2. The average Bonchev–Trinajstić information content (AvgIpc) is 3.09. The molecule has 0 saturated carbocycles. The molecule has 0 fully saturated rings. The van der Waals surface area contributed by atoms with Crippen LogP contribution in [0.2, 0.25) is 0 Å². The summed E-state index contributed by atoms with van der Waals surface area (Å²) in [6.07, 6.45) is 0. The fourth-order valence-corrected chi connectivity index (χ4v) is 3.20. The zero-order chi connectivity index (χ0) is 16.1. The molecule has 0 saturated heterocycles. The fourth-order valence-electron chi connectivity index (χ4n) is 3.20. The standard InChI is InChI=1S/C18H15NO4/c1-21-10-8-13(22-2)16(14(9-10)23-3)17-15-11-6-4-5-7-12(11)19(17)18(15)20/h4-9H,1-3H3. The van der Waals surface area contributed by atoms with Crippen molar-refractivity contribution in [3.63, 3.8) is 0 Å². The van der Waals surface area contributed by atoms with Crippen LogP contribution < -0.4 is 14.2 Å². The summed E-state index contributed by atoms with van der Waals surface area (Å²) in [5.41, 5.74) is 3.21. The number of methoxy groups -OCH3 is 3. The van der Waals surface area contributed by atoms with Gasteiger partial charge in [-0.05, 0) is 6.07 Å². The van der Waals surface area contributed by atoms with E-state index in [1.807, 2.05) is 24.3 Å². The molecular weight excluding hydrogens is 294 g/mol. The summed E-state index contributed by atoms with van der Waals surface area (Å²) in [6.45, 7) is 0. The van der Waals surface area contributed by atoms with Crippen molar-refractivity contribution in [3.8, 4) is 28.5 Å². The molecule has 0 N–H and O–H groups in total. The first-order valence-electron chi connectivity index (χ1n) is 7.19. The van der Waals surface area contributed by atoms with Crippen LogP contribution >= 0.6 is 0 Å². The topological polar surface area (TPSA) is 49.7 Å². The first kappa shape index (κ1) is 13.7. The summed E-state index contributed by atoms with van der Waals surface area (Å²) < 4.78 is 18.0. The van der Waals surface area contributed by atoms with Gasteiger partial charge in [0.25, 0.3) is 5.91 Å². The molecule has 1 aliphatic heterocycles. The molecule has 2 heterocycles. The van der Waals surface area contributed by atoms with Crippen LogP contribution in [0.25, 0.3) is 22.2 Å². The van der Waals surface area contributed by atoms with Crippen molar-refractivity contribution in [2.75, 3.05) is 21.3 Å². The molecule has 0 radical (unpaired) electrons. The number of fused-ring (bicyclic) bond motifs is 5. The molecule has 2 aromatic carbocycles. The summed E-state index contributed by atoms with van der Waals surface area (Å²) in [5, 5.41) is 0.951. The first-order valence-corrected chi connectivity index (χ1v) is 7.19. The summed E-state index contributed by atoms with van der Waals surface area (Å²) in [5.74, 6) is 1.87. The Morgan fingerprint density at radius 2 is 1.52 bits per heavy atom. The number of rotatable bonds is 4. The van der Waals surface area contributed by atoms with Crippen LogP contribution in [0.1, 0.15) is 10.4 Å². The smallest absolute Gasteiger partial charge is 0.265 e. The Kier molecular flexibility index (Phi) is 2.84. The Labute approximate surface area is 133 Å². The van der Waals surface area contributed by atoms with Crippen molar-refractivity contribution < 1.29 is 19.0 Å². The van der Waals surface area contributed by atoms with Crippen LogP contribution in [-0.4, -0.2) is 31.8 Å². The maximum atomic E-state index is 12.3. The van der Waals surface area contributed by atoms with Crippen molar-refractivity contribution in [1.29, 1.82) is 0 Å². The second-order valence-corrected chi connectivity index (χ2v) is 5.29. The van der Waals surface area contributed by atoms with Crippen LogP contribution in [0, 0.1) is 0 Å². The predicted molar refractivity (Wildman–Crippen MR) is 86.8 cm³/mol. The van der Waals surface area contributed by atoms with Crippen LogP contribution in [-0.2, 0) is 0 Å². The molecule has 0 unspecified atom stereocenters. The number of para-hydroxylation sites is 1. The lowest BCUT2D eigenvalue weighted by molar-refractivity contribution is 0.0951. The van der Waals surface area contributed by atoms with E-state index in [1.54, 1.807) is 38.0 Å². The Morgan fingerprint density at radius 3 is 2.09 bits per heavy atom. The Morgan fingerprint density at radius 1 is 0.870 bits per heavy atom. The zero-order valence-corrected chi connectivity index (χ0v) is 13.0. The largest absolute Gasteiger partial charge is 0.496 e. The van der Waals surface area contributed by atoms with Crippen LogP contribution in [0.15, 0.2) is 36.4 Å². The molecule has 0 amide bonds. The number of aromatic nitrogens is 1. The van der Waals surface area contributed by atoms with Gasteiger partial charge in [-0.3, -0.25) is 9.36 Å². The minimum atomic E-state index is 0.0149. The van der Waals surface area contributed by atoms with E-state index in [9.17, 15) is 4.79 Å². The fraction of sp³-hybridized carbons (Fsp3) is 0.167. The van der Waals surface area contributed by atoms with Gasteiger partial charge in [-0.2, -0.15) is 0 Å². The lowest BCUT2D eigenvalue weighted by Crippen LogP contribution is -2.21. The normalized spacial score (nSPS) is 12.2. The Hall–Kier alpha value is -2.95. The van der Waals surface area contributed by atoms with Crippen LogP contribution in [0.3, 0.4) is 0 Å². The Bertz CT molecular complexity index is 887. The number of carbonyl (C=O) groups excluding carboxylic acids is 1. The quantitative estimate of drug-likeness (QED) is 0.580. The van der Waals surface area contributed by atoms with E-state index in [1.165, 1.54) is 0 Å². The highest BCUT2D eigenvalue weighted by molar-refractivity contribution is 6.27. The van der Waals surface area contributed by atoms with Gasteiger partial charge in [0.05, 0.1) is 43.7 Å². The molecule has 5 heteroatoms.